The molecule has 1 aliphatic heterocycles. The maximum Gasteiger partial charge on any atom is 0.425 e. The zero-order chi connectivity index (χ0) is 36.0. The van der Waals surface area contributed by atoms with Gasteiger partial charge in [-0.2, -0.15) is 4.98 Å². The minimum absolute atomic E-state index is 0.0829. The summed E-state index contributed by atoms with van der Waals surface area (Å²) in [7, 11) is 6.68. The Morgan fingerprint density at radius 3 is 2.40 bits per heavy atom. The van der Waals surface area contributed by atoms with Crippen LogP contribution in [0.2, 0.25) is 0 Å². The van der Waals surface area contributed by atoms with Crippen LogP contribution in [0.4, 0.5) is 31.0 Å². The van der Waals surface area contributed by atoms with Gasteiger partial charge in [-0.05, 0) is 54.9 Å². The van der Waals surface area contributed by atoms with Gasteiger partial charge in [-0.25, -0.2) is 23.5 Å². The molecule has 0 radical (unpaired) electrons. The molecule has 4 aromatic rings. The van der Waals surface area contributed by atoms with Crippen LogP contribution in [0, 0.1) is 6.92 Å². The molecule has 2 heterocycles. The Morgan fingerprint density at radius 2 is 1.72 bits per heavy atom. The number of likely N-dealkylation sites (N-methyl/N-ethyl adjacent to an activating group) is 1. The predicted molar refractivity (Wildman–Crippen MR) is 187 cm³/mol. The Kier molecular flexibility index (Phi) is 11.3. The van der Waals surface area contributed by atoms with E-state index in [2.05, 4.69) is 25.1 Å². The van der Waals surface area contributed by atoms with Crippen LogP contribution in [0.5, 0.6) is 17.2 Å². The highest BCUT2D eigenvalue weighted by atomic mass is 19.3. The van der Waals surface area contributed by atoms with Crippen LogP contribution in [0.1, 0.15) is 39.5 Å². The highest BCUT2D eigenvalue weighted by molar-refractivity contribution is 6.00. The number of benzene rings is 3. The van der Waals surface area contributed by atoms with Gasteiger partial charge in [-0.15, -0.1) is 0 Å². The standard InChI is InChI=1S/C37H42F2N6O5/c1-24-7-9-26(31(46)20-25-8-10-27(29(19-25)37(2,38)39)23-44-17-15-43(4)16-18-44)21-32(24)50-36(47)45(34-13-14-41-35(40-3)42-34)30-12-11-28(48-5)22-33(30)49-6/h7-14,19,21-22H,15-18,20,23H2,1-6H3,(H,40,41,42). The number of rotatable bonds is 12. The fourth-order valence-electron chi connectivity index (χ4n) is 5.72. The Bertz CT molecular complexity index is 1840. The SMILES string of the molecule is CNc1nccc(N(C(=O)Oc2cc(C(=O)Cc3ccc(CN4CCN(C)CC4)c(C(C)(F)F)c3)ccc2C)c2ccc(OC)cc2OC)n1. The lowest BCUT2D eigenvalue weighted by Crippen LogP contribution is -2.44. The number of hydrogen-bond donors (Lipinski definition) is 1. The first-order chi connectivity index (χ1) is 23.9. The number of nitrogens with zero attached hydrogens (tertiary/aromatic N) is 5. The molecule has 1 amide bonds. The van der Waals surface area contributed by atoms with E-state index in [0.29, 0.717) is 40.4 Å². The molecule has 1 saturated heterocycles. The fraction of sp³-hybridized carbons (Fsp3) is 0.351. The molecule has 3 aromatic carbocycles. The number of halogens is 2. The number of amides is 1. The molecule has 1 N–H and O–H groups in total. The molecule has 1 aromatic heterocycles. The lowest BCUT2D eigenvalue weighted by Gasteiger charge is -2.33. The van der Waals surface area contributed by atoms with Crippen molar-refractivity contribution < 1.29 is 32.6 Å². The van der Waals surface area contributed by atoms with Crippen LogP contribution in [0.15, 0.2) is 66.9 Å². The zero-order valence-corrected chi connectivity index (χ0v) is 29.1. The number of carbonyl (C=O) groups excluding carboxylic acids is 2. The second-order valence-electron chi connectivity index (χ2n) is 12.3. The van der Waals surface area contributed by atoms with Gasteiger partial charge < -0.3 is 24.4 Å². The van der Waals surface area contributed by atoms with E-state index in [9.17, 15) is 18.4 Å². The number of aromatic nitrogens is 2. The van der Waals surface area contributed by atoms with Gasteiger partial charge in [0.15, 0.2) is 5.78 Å². The van der Waals surface area contributed by atoms with Crippen molar-refractivity contribution in [2.24, 2.45) is 0 Å². The van der Waals surface area contributed by atoms with Crippen molar-refractivity contribution in [3.05, 3.63) is 94.7 Å². The molecule has 0 bridgehead atoms. The molecule has 264 valence electrons. The molecule has 5 rings (SSSR count). The van der Waals surface area contributed by atoms with E-state index in [1.807, 2.05) is 7.05 Å². The number of piperazine rings is 1. The van der Waals surface area contributed by atoms with Crippen molar-refractivity contribution in [2.75, 3.05) is 64.7 Å². The van der Waals surface area contributed by atoms with Crippen LogP contribution in [-0.2, 0) is 18.9 Å². The van der Waals surface area contributed by atoms with Crippen LogP contribution < -0.4 is 24.4 Å². The number of Topliss-reactive ketones (excluding diaryl/α,β-unsaturated/α-hetero) is 1. The van der Waals surface area contributed by atoms with E-state index in [1.165, 1.54) is 37.4 Å². The Hall–Kier alpha value is -5.14. The monoisotopic (exact) mass is 688 g/mol. The fourth-order valence-corrected chi connectivity index (χ4v) is 5.72. The maximum atomic E-state index is 14.8. The number of hydrogen-bond acceptors (Lipinski definition) is 10. The van der Waals surface area contributed by atoms with Crippen molar-refractivity contribution in [1.82, 2.24) is 19.8 Å². The molecule has 50 heavy (non-hydrogen) atoms. The molecule has 0 saturated carbocycles. The predicted octanol–water partition coefficient (Wildman–Crippen LogP) is 6.47. The molecular weight excluding hydrogens is 646 g/mol. The number of methoxy groups -OCH3 is 2. The number of aryl methyl sites for hydroxylation is 1. The molecule has 0 unspecified atom stereocenters. The second kappa shape index (κ2) is 15.6. The third-order valence-electron chi connectivity index (χ3n) is 8.61. The maximum absolute atomic E-state index is 14.8. The van der Waals surface area contributed by atoms with E-state index in [0.717, 1.165) is 33.1 Å². The number of alkyl halides is 2. The molecule has 0 atom stereocenters. The van der Waals surface area contributed by atoms with Gasteiger partial charge in [0.2, 0.25) is 5.95 Å². The number of ketones is 1. The van der Waals surface area contributed by atoms with Crippen LogP contribution in [0.3, 0.4) is 0 Å². The molecule has 0 spiro atoms. The van der Waals surface area contributed by atoms with E-state index in [-0.39, 0.29) is 40.8 Å². The van der Waals surface area contributed by atoms with E-state index in [1.54, 1.807) is 62.5 Å². The van der Waals surface area contributed by atoms with Crippen LogP contribution in [-0.4, -0.2) is 86.1 Å². The molecule has 13 heteroatoms. The summed E-state index contributed by atoms with van der Waals surface area (Å²) in [4.78, 5) is 41.7. The third-order valence-corrected chi connectivity index (χ3v) is 8.61. The minimum Gasteiger partial charge on any atom is -0.497 e. The number of nitrogens with one attached hydrogen (secondary N) is 1. The van der Waals surface area contributed by atoms with Gasteiger partial charge in [0.05, 0.1) is 19.9 Å². The first-order valence-electron chi connectivity index (χ1n) is 16.2. The van der Waals surface area contributed by atoms with Gasteiger partial charge in [-0.1, -0.05) is 24.3 Å². The third kappa shape index (κ3) is 8.52. The molecule has 1 fully saturated rings. The molecule has 1 aliphatic rings. The number of ether oxygens (including phenoxy) is 3. The Morgan fingerprint density at radius 1 is 0.960 bits per heavy atom. The molecule has 11 nitrogen and oxygen atoms in total. The average molecular weight is 689 g/mol. The summed E-state index contributed by atoms with van der Waals surface area (Å²) in [5, 5.41) is 2.86. The molecular formula is C37H42F2N6O5. The normalized spacial score (nSPS) is 13.8. The number of anilines is 3. The summed E-state index contributed by atoms with van der Waals surface area (Å²) in [6, 6.07) is 16.1. The second-order valence-corrected chi connectivity index (χ2v) is 12.3. The average Bonchev–Trinajstić information content (AvgIpc) is 3.10. The molecule has 0 aliphatic carbocycles. The smallest absolute Gasteiger partial charge is 0.425 e. The highest BCUT2D eigenvalue weighted by Gasteiger charge is 2.30. The van der Waals surface area contributed by atoms with E-state index in [4.69, 9.17) is 14.2 Å². The van der Waals surface area contributed by atoms with Crippen molar-refractivity contribution in [3.63, 3.8) is 0 Å². The Balaban J connectivity index is 1.40. The Labute approximate surface area is 290 Å². The zero-order valence-electron chi connectivity index (χ0n) is 29.1. The van der Waals surface area contributed by atoms with Gasteiger partial charge in [0, 0.05) is 82.6 Å². The van der Waals surface area contributed by atoms with Gasteiger partial charge in [0.25, 0.3) is 5.92 Å². The summed E-state index contributed by atoms with van der Waals surface area (Å²) in [5.74, 6) is -1.96. The van der Waals surface area contributed by atoms with Crippen molar-refractivity contribution in [1.29, 1.82) is 0 Å². The van der Waals surface area contributed by atoms with E-state index < -0.39 is 12.0 Å². The summed E-state index contributed by atoms with van der Waals surface area (Å²) in [5.41, 5.74) is 2.11. The quantitative estimate of drug-likeness (QED) is 0.167. The summed E-state index contributed by atoms with van der Waals surface area (Å²) in [6.45, 7) is 6.40. The van der Waals surface area contributed by atoms with Crippen molar-refractivity contribution in [2.45, 2.75) is 32.7 Å². The van der Waals surface area contributed by atoms with Gasteiger partial charge in [-0.3, -0.25) is 9.69 Å². The highest BCUT2D eigenvalue weighted by Crippen LogP contribution is 2.37. The van der Waals surface area contributed by atoms with E-state index >= 15 is 0 Å². The first kappa shape index (κ1) is 36.1. The summed E-state index contributed by atoms with van der Waals surface area (Å²) in [6.07, 6.45) is 0.554. The summed E-state index contributed by atoms with van der Waals surface area (Å²) >= 11 is 0. The lowest BCUT2D eigenvalue weighted by atomic mass is 9.95. The van der Waals surface area contributed by atoms with Crippen molar-refractivity contribution in [3.8, 4) is 17.2 Å². The largest absolute Gasteiger partial charge is 0.497 e. The topological polar surface area (TPSA) is 109 Å². The lowest BCUT2D eigenvalue weighted by molar-refractivity contribution is 0.0154. The van der Waals surface area contributed by atoms with Crippen LogP contribution in [0.25, 0.3) is 0 Å². The first-order valence-corrected chi connectivity index (χ1v) is 16.2. The minimum atomic E-state index is -3.08. The summed E-state index contributed by atoms with van der Waals surface area (Å²) < 4.78 is 46.5. The van der Waals surface area contributed by atoms with Crippen molar-refractivity contribution >= 4 is 29.3 Å². The number of carbonyl (C=O) groups is 2. The van der Waals surface area contributed by atoms with Gasteiger partial charge >= 0.3 is 6.09 Å². The van der Waals surface area contributed by atoms with Crippen LogP contribution >= 0.6 is 0 Å². The van der Waals surface area contributed by atoms with Gasteiger partial charge in [0.1, 0.15) is 23.1 Å².